The third-order valence-electron chi connectivity index (χ3n) is 4.46. The van der Waals surface area contributed by atoms with Gasteiger partial charge in [-0.25, -0.2) is 10.2 Å². The highest BCUT2D eigenvalue weighted by atomic mass is 16.5. The molecule has 0 amide bonds. The fourth-order valence-corrected chi connectivity index (χ4v) is 3.06. The number of imidazole rings is 1. The van der Waals surface area contributed by atoms with Gasteiger partial charge >= 0.3 is 5.69 Å². The molecule has 0 atom stereocenters. The number of rotatable bonds is 7. The lowest BCUT2D eigenvalue weighted by Crippen LogP contribution is -2.37. The maximum Gasteiger partial charge on any atom is 0.332 e. The summed E-state index contributed by atoms with van der Waals surface area (Å²) in [6.45, 7) is 7.20. The second kappa shape index (κ2) is 8.34. The maximum absolute atomic E-state index is 12.7. The Morgan fingerprint density at radius 2 is 1.86 bits per heavy atom. The smallest absolute Gasteiger partial charge is 0.332 e. The predicted molar refractivity (Wildman–Crippen MR) is 114 cm³/mol. The minimum atomic E-state index is -0.416. The second-order valence-corrected chi connectivity index (χ2v) is 7.19. The molecule has 0 spiro atoms. The van der Waals surface area contributed by atoms with Crippen LogP contribution < -0.4 is 21.4 Å². The van der Waals surface area contributed by atoms with E-state index < -0.39 is 5.69 Å². The van der Waals surface area contributed by atoms with Gasteiger partial charge < -0.3 is 9.30 Å². The van der Waals surface area contributed by atoms with Crippen molar-refractivity contribution in [3.63, 3.8) is 0 Å². The molecule has 9 heteroatoms. The number of aromatic nitrogens is 4. The molecule has 0 saturated heterocycles. The molecule has 1 aromatic carbocycles. The lowest BCUT2D eigenvalue weighted by Gasteiger charge is -2.11. The summed E-state index contributed by atoms with van der Waals surface area (Å²) < 4.78 is 9.67. The summed E-state index contributed by atoms with van der Waals surface area (Å²) >= 11 is 0. The van der Waals surface area contributed by atoms with Crippen molar-refractivity contribution < 1.29 is 4.74 Å². The molecule has 0 saturated carbocycles. The fraction of sp³-hybridized carbons (Fsp3) is 0.400. The van der Waals surface area contributed by atoms with Crippen molar-refractivity contribution in [2.45, 2.75) is 27.3 Å². The second-order valence-electron chi connectivity index (χ2n) is 7.19. The summed E-state index contributed by atoms with van der Waals surface area (Å²) in [6.07, 6.45) is 1.66. The first kappa shape index (κ1) is 20.4. The maximum atomic E-state index is 12.7. The van der Waals surface area contributed by atoms with Gasteiger partial charge in [-0.05, 0) is 42.7 Å². The fourth-order valence-electron chi connectivity index (χ4n) is 3.06. The van der Waals surface area contributed by atoms with E-state index in [0.29, 0.717) is 30.3 Å². The third-order valence-corrected chi connectivity index (χ3v) is 4.46. The van der Waals surface area contributed by atoms with Crippen LogP contribution in [0.1, 0.15) is 26.3 Å². The van der Waals surface area contributed by atoms with Crippen molar-refractivity contribution >= 4 is 23.3 Å². The molecule has 154 valence electrons. The number of anilines is 1. The molecule has 2 aromatic heterocycles. The van der Waals surface area contributed by atoms with E-state index in [4.69, 9.17) is 4.74 Å². The Labute approximate surface area is 168 Å². The number of fused-ring (bicyclic) bond motifs is 1. The van der Waals surface area contributed by atoms with Gasteiger partial charge in [0.05, 0.1) is 12.8 Å². The van der Waals surface area contributed by atoms with E-state index in [-0.39, 0.29) is 11.5 Å². The minimum Gasteiger partial charge on any atom is -0.494 e. The number of nitrogens with one attached hydrogen (secondary N) is 1. The number of benzene rings is 1. The molecule has 29 heavy (non-hydrogen) atoms. The van der Waals surface area contributed by atoms with Crippen molar-refractivity contribution in [1.29, 1.82) is 0 Å². The van der Waals surface area contributed by atoms with Crippen LogP contribution in [0.15, 0.2) is 39.0 Å². The zero-order valence-electron chi connectivity index (χ0n) is 17.3. The zero-order chi connectivity index (χ0) is 21.1. The quantitative estimate of drug-likeness (QED) is 0.485. The molecular formula is C20H26N6O3. The summed E-state index contributed by atoms with van der Waals surface area (Å²) in [7, 11) is 3.07. The lowest BCUT2D eigenvalue weighted by molar-refractivity contribution is 0.340. The zero-order valence-corrected chi connectivity index (χ0v) is 17.3. The van der Waals surface area contributed by atoms with Crippen molar-refractivity contribution in [2.24, 2.45) is 25.1 Å². The van der Waals surface area contributed by atoms with Crippen LogP contribution in [0.2, 0.25) is 0 Å². The summed E-state index contributed by atoms with van der Waals surface area (Å²) in [5.41, 5.74) is 3.72. The van der Waals surface area contributed by atoms with Gasteiger partial charge in [-0.3, -0.25) is 13.9 Å². The van der Waals surface area contributed by atoms with Gasteiger partial charge in [-0.15, -0.1) is 0 Å². The Balaban J connectivity index is 1.98. The topological polar surface area (TPSA) is 95.4 Å². The molecule has 0 aliphatic carbocycles. The first-order valence-electron chi connectivity index (χ1n) is 9.51. The van der Waals surface area contributed by atoms with Crippen LogP contribution in [0.3, 0.4) is 0 Å². The van der Waals surface area contributed by atoms with Gasteiger partial charge in [-0.1, -0.05) is 13.8 Å². The van der Waals surface area contributed by atoms with Gasteiger partial charge in [0.15, 0.2) is 11.2 Å². The molecule has 0 radical (unpaired) electrons. The predicted octanol–water partition coefficient (Wildman–Crippen LogP) is 1.93. The largest absolute Gasteiger partial charge is 0.494 e. The normalized spacial score (nSPS) is 11.7. The highest BCUT2D eigenvalue weighted by Crippen LogP contribution is 2.18. The monoisotopic (exact) mass is 398 g/mol. The lowest BCUT2D eigenvalue weighted by atomic mass is 10.2. The number of nitrogens with zero attached hydrogens (tertiary/aromatic N) is 5. The van der Waals surface area contributed by atoms with Crippen molar-refractivity contribution in [3.8, 4) is 5.75 Å². The summed E-state index contributed by atoms with van der Waals surface area (Å²) in [5.74, 6) is 1.48. The highest BCUT2D eigenvalue weighted by molar-refractivity contribution is 5.80. The molecule has 0 bridgehead atoms. The van der Waals surface area contributed by atoms with E-state index in [1.165, 1.54) is 11.6 Å². The minimum absolute atomic E-state index is 0.268. The van der Waals surface area contributed by atoms with E-state index in [0.717, 1.165) is 15.9 Å². The molecular weight excluding hydrogens is 372 g/mol. The number of aryl methyl sites for hydroxylation is 1. The van der Waals surface area contributed by atoms with Gasteiger partial charge in [0.1, 0.15) is 5.75 Å². The molecule has 0 unspecified atom stereocenters. The van der Waals surface area contributed by atoms with Gasteiger partial charge in [0.2, 0.25) is 5.95 Å². The Morgan fingerprint density at radius 3 is 2.48 bits per heavy atom. The standard InChI is InChI=1S/C20H26N6O3/c1-6-29-15-9-7-14(8-10-15)11-21-23-19-22-17-16(26(19)12-13(2)3)18(27)25(5)20(28)24(17)4/h7-11,13H,6,12H2,1-5H3,(H,22,23)/b21-11+. The van der Waals surface area contributed by atoms with Crippen LogP contribution in [0.25, 0.3) is 11.2 Å². The molecule has 9 nitrogen and oxygen atoms in total. The highest BCUT2D eigenvalue weighted by Gasteiger charge is 2.19. The number of hydrogen-bond donors (Lipinski definition) is 1. The Kier molecular flexibility index (Phi) is 5.86. The molecule has 3 aromatic rings. The third kappa shape index (κ3) is 4.08. The average molecular weight is 398 g/mol. The average Bonchev–Trinajstić information content (AvgIpc) is 3.04. The van der Waals surface area contributed by atoms with Crippen LogP contribution >= 0.6 is 0 Å². The summed E-state index contributed by atoms with van der Waals surface area (Å²) in [5, 5.41) is 4.26. The van der Waals surface area contributed by atoms with Crippen LogP contribution in [0, 0.1) is 5.92 Å². The van der Waals surface area contributed by atoms with Crippen LogP contribution in [-0.4, -0.2) is 31.5 Å². The molecule has 3 rings (SSSR count). The molecule has 0 fully saturated rings. The van der Waals surface area contributed by atoms with Crippen LogP contribution in [0.4, 0.5) is 5.95 Å². The van der Waals surface area contributed by atoms with E-state index in [1.54, 1.807) is 17.8 Å². The number of hydrazone groups is 1. The van der Waals surface area contributed by atoms with E-state index >= 15 is 0 Å². The summed E-state index contributed by atoms with van der Waals surface area (Å²) in [4.78, 5) is 29.4. The molecule has 0 aliphatic heterocycles. The van der Waals surface area contributed by atoms with Crippen molar-refractivity contribution in [1.82, 2.24) is 18.7 Å². The van der Waals surface area contributed by atoms with Gasteiger partial charge in [0.25, 0.3) is 5.56 Å². The molecule has 1 N–H and O–H groups in total. The Hall–Kier alpha value is -3.36. The van der Waals surface area contributed by atoms with E-state index in [9.17, 15) is 9.59 Å². The Morgan fingerprint density at radius 1 is 1.17 bits per heavy atom. The Bertz CT molecular complexity index is 1150. The number of ether oxygens (including phenoxy) is 1. The van der Waals surface area contributed by atoms with Gasteiger partial charge in [-0.2, -0.15) is 10.1 Å². The first-order chi connectivity index (χ1) is 13.8. The van der Waals surface area contributed by atoms with Crippen LogP contribution in [-0.2, 0) is 20.6 Å². The van der Waals surface area contributed by atoms with E-state index in [1.807, 2.05) is 45.0 Å². The number of hydrogen-bond acceptors (Lipinski definition) is 6. The molecule has 2 heterocycles. The van der Waals surface area contributed by atoms with E-state index in [2.05, 4.69) is 15.5 Å². The van der Waals surface area contributed by atoms with Crippen LogP contribution in [0.5, 0.6) is 5.75 Å². The van der Waals surface area contributed by atoms with Crippen molar-refractivity contribution in [3.05, 3.63) is 50.7 Å². The SMILES string of the molecule is CCOc1ccc(/C=N/Nc2nc3c(c(=O)n(C)c(=O)n3C)n2CC(C)C)cc1. The molecule has 0 aliphatic rings. The first-order valence-corrected chi connectivity index (χ1v) is 9.51. The summed E-state index contributed by atoms with van der Waals surface area (Å²) in [6, 6.07) is 7.54. The van der Waals surface area contributed by atoms with Crippen molar-refractivity contribution in [2.75, 3.05) is 12.0 Å². The van der Waals surface area contributed by atoms with Gasteiger partial charge in [0, 0.05) is 20.6 Å².